The van der Waals surface area contributed by atoms with Gasteiger partial charge in [0.25, 0.3) is 0 Å². The molecule has 45 heavy (non-hydrogen) atoms. The van der Waals surface area contributed by atoms with Gasteiger partial charge in [-0.25, -0.2) is 8.78 Å². The van der Waals surface area contributed by atoms with E-state index in [1.807, 2.05) is 0 Å². The minimum atomic E-state index is -0.739. The van der Waals surface area contributed by atoms with E-state index in [1.54, 1.807) is 0 Å². The number of aromatic nitrogens is 2. The molecule has 13 heteroatoms. The van der Waals surface area contributed by atoms with Crippen LogP contribution in [-0.4, -0.2) is 72.5 Å². The van der Waals surface area contributed by atoms with Gasteiger partial charge in [-0.1, -0.05) is 24.6 Å². The molecule has 3 saturated heterocycles. The predicted molar refractivity (Wildman–Crippen MR) is 169 cm³/mol. The highest BCUT2D eigenvalue weighted by Gasteiger charge is 2.48. The summed E-state index contributed by atoms with van der Waals surface area (Å²) in [6.45, 7) is 6.56. The number of anilines is 2. The Morgan fingerprint density at radius 3 is 2.93 bits per heavy atom. The Kier molecular flexibility index (Phi) is 6.94. The fourth-order valence-electron chi connectivity index (χ4n) is 7.83. The van der Waals surface area contributed by atoms with E-state index < -0.39 is 11.6 Å². The monoisotopic (exact) mass is 652 g/mol. The third-order valence-corrected chi connectivity index (χ3v) is 11.1. The third-order valence-electron chi connectivity index (χ3n) is 9.74. The molecule has 2 aromatic heterocycles. The molecular formula is C32H31ClF2N6O3S. The summed E-state index contributed by atoms with van der Waals surface area (Å²) < 4.78 is 50.8. The van der Waals surface area contributed by atoms with Gasteiger partial charge in [0.2, 0.25) is 0 Å². The average Bonchev–Trinajstić information content (AvgIpc) is 3.55. The van der Waals surface area contributed by atoms with Crippen LogP contribution in [0.15, 0.2) is 12.1 Å². The van der Waals surface area contributed by atoms with Gasteiger partial charge in [-0.05, 0) is 49.8 Å². The van der Waals surface area contributed by atoms with Crippen LogP contribution >= 0.6 is 22.9 Å². The molecular weight excluding hydrogens is 622 g/mol. The molecule has 4 aliphatic rings. The summed E-state index contributed by atoms with van der Waals surface area (Å²) in [5.41, 5.74) is 6.24. The van der Waals surface area contributed by atoms with Gasteiger partial charge >= 0.3 is 6.01 Å². The van der Waals surface area contributed by atoms with Crippen LogP contribution in [0.3, 0.4) is 0 Å². The summed E-state index contributed by atoms with van der Waals surface area (Å²) in [7, 11) is 0. The van der Waals surface area contributed by atoms with Crippen molar-refractivity contribution in [2.75, 3.05) is 56.7 Å². The van der Waals surface area contributed by atoms with Gasteiger partial charge in [-0.15, -0.1) is 11.3 Å². The number of benzene rings is 2. The first-order valence-electron chi connectivity index (χ1n) is 15.3. The summed E-state index contributed by atoms with van der Waals surface area (Å²) in [6.07, 6.45) is 3.91. The molecule has 0 bridgehead atoms. The summed E-state index contributed by atoms with van der Waals surface area (Å²) in [5, 5.41) is 10.6. The molecule has 9 nitrogen and oxygen atoms in total. The van der Waals surface area contributed by atoms with E-state index in [0.717, 1.165) is 50.1 Å². The van der Waals surface area contributed by atoms with Crippen molar-refractivity contribution in [3.8, 4) is 29.0 Å². The highest BCUT2D eigenvalue weighted by atomic mass is 35.5. The van der Waals surface area contributed by atoms with Crippen molar-refractivity contribution < 1.29 is 23.0 Å². The number of nitriles is 1. The van der Waals surface area contributed by atoms with Crippen molar-refractivity contribution in [1.82, 2.24) is 14.9 Å². The maximum Gasteiger partial charge on any atom is 0.319 e. The Hall–Kier alpha value is -3.50. The summed E-state index contributed by atoms with van der Waals surface area (Å²) in [4.78, 5) is 14.1. The number of fused-ring (bicyclic) bond motifs is 4. The van der Waals surface area contributed by atoms with Crippen LogP contribution < -0.4 is 20.1 Å². The Morgan fingerprint density at radius 2 is 2.09 bits per heavy atom. The molecule has 4 aliphatic heterocycles. The standard InChI is InChI=1S/C32H31ClF2N6O3S/c1-16-10-32(6-2-7-40(32)12-16)15-44-31-38-26-23-27(43-14-17-13-42-9-3-8-41(17)30(23)39-31)24(33)22(25(26)35)18-4-5-20(34)28-21(18)19(11-36)29(37)45-28/h4-5,16-17H,2-3,6-10,12-15,37H2,1H3/t16-,17?,32+/m1/s1. The molecule has 2 aromatic carbocycles. The van der Waals surface area contributed by atoms with E-state index in [-0.39, 0.29) is 72.3 Å². The van der Waals surface area contributed by atoms with Crippen LogP contribution in [0.1, 0.15) is 38.2 Å². The minimum Gasteiger partial charge on any atom is -0.489 e. The first-order valence-corrected chi connectivity index (χ1v) is 16.5. The van der Waals surface area contributed by atoms with Crippen LogP contribution in [0.4, 0.5) is 19.6 Å². The van der Waals surface area contributed by atoms with Crippen molar-refractivity contribution in [2.45, 2.75) is 44.2 Å². The lowest BCUT2D eigenvalue weighted by Gasteiger charge is -2.32. The largest absolute Gasteiger partial charge is 0.489 e. The molecule has 4 aromatic rings. The first kappa shape index (κ1) is 28.9. The lowest BCUT2D eigenvalue weighted by atomic mass is 9.92. The second-order valence-corrected chi connectivity index (χ2v) is 14.0. The van der Waals surface area contributed by atoms with Crippen molar-refractivity contribution in [2.24, 2.45) is 5.92 Å². The molecule has 0 amide bonds. The molecule has 3 fully saturated rings. The third kappa shape index (κ3) is 4.42. The van der Waals surface area contributed by atoms with E-state index in [1.165, 1.54) is 12.1 Å². The lowest BCUT2D eigenvalue weighted by molar-refractivity contribution is 0.107. The second-order valence-electron chi connectivity index (χ2n) is 12.6. The summed E-state index contributed by atoms with van der Waals surface area (Å²) in [5.74, 6) is -0.0342. The van der Waals surface area contributed by atoms with Crippen LogP contribution in [0.5, 0.6) is 11.8 Å². The number of halogens is 3. The Bertz CT molecular complexity index is 1920. The lowest BCUT2D eigenvalue weighted by Crippen LogP contribution is -2.43. The van der Waals surface area contributed by atoms with E-state index in [4.69, 9.17) is 36.5 Å². The molecule has 0 radical (unpaired) electrons. The quantitative estimate of drug-likeness (QED) is 0.278. The van der Waals surface area contributed by atoms with Crippen molar-refractivity contribution in [1.29, 1.82) is 5.26 Å². The van der Waals surface area contributed by atoms with E-state index >= 15 is 4.39 Å². The van der Waals surface area contributed by atoms with Gasteiger partial charge in [0, 0.05) is 30.6 Å². The number of nitrogens with two attached hydrogens (primary N) is 1. The molecule has 8 rings (SSSR count). The number of hydrogen-bond donors (Lipinski definition) is 1. The van der Waals surface area contributed by atoms with Crippen LogP contribution in [0, 0.1) is 28.9 Å². The molecule has 0 spiro atoms. The average molecular weight is 653 g/mol. The van der Waals surface area contributed by atoms with Crippen molar-refractivity contribution in [3.63, 3.8) is 0 Å². The Balaban J connectivity index is 1.35. The van der Waals surface area contributed by atoms with Crippen LogP contribution in [-0.2, 0) is 4.74 Å². The minimum absolute atomic E-state index is 0.0147. The topological polar surface area (TPSA) is 110 Å². The highest BCUT2D eigenvalue weighted by molar-refractivity contribution is 7.23. The van der Waals surface area contributed by atoms with Crippen LogP contribution in [0.25, 0.3) is 32.1 Å². The number of ether oxygens (including phenoxy) is 3. The molecule has 3 atom stereocenters. The molecule has 1 unspecified atom stereocenters. The SMILES string of the molecule is C[C@H]1CN2CCC[C@@]2(COc2nc3c4c(c(Cl)c(-c5ccc(F)c6sc(N)c(C#N)c56)c(F)c4n2)OCC2COCCCN32)C1. The van der Waals surface area contributed by atoms with Crippen LogP contribution in [0.2, 0.25) is 5.02 Å². The predicted octanol–water partition coefficient (Wildman–Crippen LogP) is 6.14. The zero-order valence-electron chi connectivity index (χ0n) is 24.7. The fraction of sp³-hybridized carbons (Fsp3) is 0.469. The number of thiophene rings is 1. The van der Waals surface area contributed by atoms with Gasteiger partial charge in [0.1, 0.15) is 41.4 Å². The zero-order valence-corrected chi connectivity index (χ0v) is 26.2. The van der Waals surface area contributed by atoms with Gasteiger partial charge in [-0.2, -0.15) is 15.2 Å². The van der Waals surface area contributed by atoms with Gasteiger partial charge < -0.3 is 24.8 Å². The number of rotatable bonds is 4. The van der Waals surface area contributed by atoms with E-state index in [0.29, 0.717) is 43.5 Å². The second kappa shape index (κ2) is 10.8. The maximum atomic E-state index is 17.1. The number of hydrogen-bond acceptors (Lipinski definition) is 10. The molecule has 2 N–H and O–H groups in total. The summed E-state index contributed by atoms with van der Waals surface area (Å²) in [6, 6.07) is 4.57. The van der Waals surface area contributed by atoms with E-state index in [2.05, 4.69) is 27.8 Å². The molecule has 0 aliphatic carbocycles. The molecule has 234 valence electrons. The van der Waals surface area contributed by atoms with Crippen molar-refractivity contribution >= 4 is 54.7 Å². The smallest absolute Gasteiger partial charge is 0.319 e. The van der Waals surface area contributed by atoms with Gasteiger partial charge in [0.15, 0.2) is 11.6 Å². The number of nitrogen functional groups attached to an aromatic ring is 1. The number of nitrogens with zero attached hydrogens (tertiary/aromatic N) is 5. The highest BCUT2D eigenvalue weighted by Crippen LogP contribution is 2.51. The Morgan fingerprint density at radius 1 is 1.22 bits per heavy atom. The van der Waals surface area contributed by atoms with E-state index in [9.17, 15) is 9.65 Å². The maximum absolute atomic E-state index is 17.1. The van der Waals surface area contributed by atoms with Gasteiger partial charge in [-0.3, -0.25) is 4.90 Å². The first-order chi connectivity index (χ1) is 21.8. The molecule has 6 heterocycles. The molecule has 0 saturated carbocycles. The fourth-order valence-corrected chi connectivity index (χ4v) is 9.12. The zero-order chi connectivity index (χ0) is 31.0. The van der Waals surface area contributed by atoms with Gasteiger partial charge in [0.05, 0.1) is 38.9 Å². The van der Waals surface area contributed by atoms with Crippen molar-refractivity contribution in [3.05, 3.63) is 34.4 Å². The normalized spacial score (nSPS) is 24.6. The Labute approximate surface area is 267 Å². The summed E-state index contributed by atoms with van der Waals surface area (Å²) >= 11 is 7.97.